The van der Waals surface area contributed by atoms with Crippen LogP contribution in [0.1, 0.15) is 15.3 Å². The Labute approximate surface area is 159 Å². The van der Waals surface area contributed by atoms with Crippen LogP contribution < -0.4 is 0 Å². The fourth-order valence-corrected chi connectivity index (χ4v) is 4.09. The number of hydrogen-bond donors (Lipinski definition) is 2. The van der Waals surface area contributed by atoms with E-state index in [9.17, 15) is 26.3 Å². The van der Waals surface area contributed by atoms with Crippen molar-refractivity contribution in [2.24, 2.45) is 0 Å². The molecule has 0 atom stereocenters. The molecule has 1 aliphatic carbocycles. The van der Waals surface area contributed by atoms with E-state index in [1.54, 1.807) is 0 Å². The molecule has 0 radical (unpaired) electrons. The Morgan fingerprint density at radius 2 is 1.78 bits per heavy atom. The van der Waals surface area contributed by atoms with Gasteiger partial charge < -0.3 is 10.2 Å². The van der Waals surface area contributed by atoms with Crippen LogP contribution in [-0.4, -0.2) is 40.8 Å². The molecule has 1 aromatic rings. The van der Waals surface area contributed by atoms with Crippen LogP contribution in [0.5, 0.6) is 0 Å². The monoisotopic (exact) mass is 430 g/mol. The van der Waals surface area contributed by atoms with E-state index in [1.165, 1.54) is 13.2 Å². The first kappa shape index (κ1) is 22.1. The van der Waals surface area contributed by atoms with Crippen LogP contribution in [-0.2, 0) is 6.61 Å². The molecule has 2 N–H and O–H groups in total. The van der Waals surface area contributed by atoms with Crippen molar-refractivity contribution in [2.75, 3.05) is 12.9 Å². The second-order valence-electron chi connectivity index (χ2n) is 5.81. The summed E-state index contributed by atoms with van der Waals surface area (Å²) >= 11 is 1.78. The largest absolute Gasteiger partial charge is 0.391 e. The number of aryl methyl sites for hydroxylation is 1. The number of halogens is 6. The third kappa shape index (κ3) is 3.26. The Bertz CT molecular complexity index is 817. The Balaban J connectivity index is 2.85. The zero-order valence-corrected chi connectivity index (χ0v) is 15.9. The quantitative estimate of drug-likeness (QED) is 0.492. The molecular weight excluding hydrogens is 414 g/mol. The molecule has 0 bridgehead atoms. The van der Waals surface area contributed by atoms with E-state index in [0.29, 0.717) is 0 Å². The van der Waals surface area contributed by atoms with Gasteiger partial charge in [-0.25, -0.2) is 0 Å². The third-order valence-corrected chi connectivity index (χ3v) is 5.94. The smallest absolute Gasteiger partial charge is 0.380 e. The Kier molecular flexibility index (Phi) is 5.97. The maximum Gasteiger partial charge on any atom is 0.380 e. The molecular formula is C17H16F6O2S2. The average Bonchev–Trinajstić information content (AvgIpc) is 3.00. The lowest BCUT2D eigenvalue weighted by Crippen LogP contribution is -2.49. The number of allylic oxidation sites excluding steroid dienone is 4. The fraction of sp³-hybridized carbons (Fsp3) is 0.412. The fourth-order valence-electron chi connectivity index (χ4n) is 2.80. The van der Waals surface area contributed by atoms with Crippen LogP contribution in [0.25, 0.3) is 5.57 Å². The number of alkyl halides is 6. The highest BCUT2D eigenvalue weighted by Crippen LogP contribution is 2.64. The van der Waals surface area contributed by atoms with Gasteiger partial charge in [0.1, 0.15) is 0 Å². The first-order valence-corrected chi connectivity index (χ1v) is 9.54. The topological polar surface area (TPSA) is 40.5 Å². The van der Waals surface area contributed by atoms with Gasteiger partial charge in [0, 0.05) is 25.8 Å². The molecule has 1 aromatic heterocycles. The first-order valence-electron chi connectivity index (χ1n) is 7.50. The van der Waals surface area contributed by atoms with Gasteiger partial charge in [-0.2, -0.15) is 26.3 Å². The summed E-state index contributed by atoms with van der Waals surface area (Å²) in [5, 5.41) is 18.3. The van der Waals surface area contributed by atoms with Gasteiger partial charge in [-0.3, -0.25) is 0 Å². The molecule has 0 fully saturated rings. The zero-order chi connectivity index (χ0) is 20.8. The molecule has 1 heterocycles. The molecule has 10 heteroatoms. The van der Waals surface area contributed by atoms with Crippen LogP contribution in [0.4, 0.5) is 26.3 Å². The van der Waals surface area contributed by atoms with E-state index in [0.717, 1.165) is 35.2 Å². The van der Waals surface area contributed by atoms with E-state index in [4.69, 9.17) is 10.2 Å². The van der Waals surface area contributed by atoms with Gasteiger partial charge in [0.15, 0.2) is 0 Å². The van der Waals surface area contributed by atoms with Crippen molar-refractivity contribution in [3.63, 3.8) is 0 Å². The van der Waals surface area contributed by atoms with Gasteiger partial charge in [0.2, 0.25) is 0 Å². The third-order valence-electron chi connectivity index (χ3n) is 4.13. The van der Waals surface area contributed by atoms with Crippen molar-refractivity contribution in [1.82, 2.24) is 0 Å². The second kappa shape index (κ2) is 7.31. The van der Waals surface area contributed by atoms with E-state index in [1.807, 2.05) is 0 Å². The SMILES string of the molecule is C=C(/C=C(/CO)SC)C1=C(c2cc(CO)sc2C)C(F)(F)C(F)(F)C1(F)F. The van der Waals surface area contributed by atoms with Gasteiger partial charge in [0.05, 0.1) is 13.2 Å². The number of hydrogen-bond acceptors (Lipinski definition) is 4. The van der Waals surface area contributed by atoms with E-state index >= 15 is 0 Å². The van der Waals surface area contributed by atoms with Crippen molar-refractivity contribution in [3.8, 4) is 0 Å². The number of aliphatic hydroxyl groups is 2. The van der Waals surface area contributed by atoms with Crippen LogP contribution in [0.3, 0.4) is 0 Å². The summed E-state index contributed by atoms with van der Waals surface area (Å²) in [5.41, 5.74) is -4.29. The molecule has 0 saturated carbocycles. The van der Waals surface area contributed by atoms with Crippen LogP contribution >= 0.6 is 23.1 Å². The molecule has 0 saturated heterocycles. The van der Waals surface area contributed by atoms with Crippen LogP contribution in [0.15, 0.2) is 34.8 Å². The molecule has 27 heavy (non-hydrogen) atoms. The van der Waals surface area contributed by atoms with Crippen LogP contribution in [0.2, 0.25) is 0 Å². The van der Waals surface area contributed by atoms with E-state index in [-0.39, 0.29) is 14.7 Å². The second-order valence-corrected chi connectivity index (χ2v) is 8.09. The highest BCUT2D eigenvalue weighted by atomic mass is 32.2. The van der Waals surface area contributed by atoms with Gasteiger partial charge in [-0.15, -0.1) is 23.1 Å². The standard InChI is InChI=1S/C17H16F6O2S2/c1-8(4-10(6-24)26-3)13-14(12-5-11(7-25)27-9(12)2)16(20,21)17(22,23)15(13,18)19/h4-5,24-25H,1,6-7H2,2-3H3/b10-4-. The number of rotatable bonds is 6. The lowest BCUT2D eigenvalue weighted by atomic mass is 9.95. The van der Waals surface area contributed by atoms with Crippen molar-refractivity contribution in [1.29, 1.82) is 0 Å². The predicted octanol–water partition coefficient (Wildman–Crippen LogP) is 5.02. The van der Waals surface area contributed by atoms with E-state index < -0.39 is 53.3 Å². The molecule has 150 valence electrons. The van der Waals surface area contributed by atoms with Crippen molar-refractivity contribution in [2.45, 2.75) is 31.3 Å². The van der Waals surface area contributed by atoms with Crippen molar-refractivity contribution in [3.05, 3.63) is 50.1 Å². The molecule has 0 unspecified atom stereocenters. The highest BCUT2D eigenvalue weighted by molar-refractivity contribution is 8.02. The molecule has 1 aliphatic rings. The lowest BCUT2D eigenvalue weighted by Gasteiger charge is -2.25. The minimum Gasteiger partial charge on any atom is -0.391 e. The first-order chi connectivity index (χ1) is 12.4. The molecule has 2 rings (SSSR count). The summed E-state index contributed by atoms with van der Waals surface area (Å²) in [7, 11) is 0. The van der Waals surface area contributed by atoms with Crippen molar-refractivity contribution >= 4 is 28.7 Å². The molecule has 0 aliphatic heterocycles. The summed E-state index contributed by atoms with van der Waals surface area (Å²) < 4.78 is 86.1. The minimum absolute atomic E-state index is 0.0868. The number of thioether (sulfide) groups is 1. The van der Waals surface area contributed by atoms with Gasteiger partial charge >= 0.3 is 17.8 Å². The summed E-state index contributed by atoms with van der Waals surface area (Å²) in [6.07, 6.45) is 2.39. The summed E-state index contributed by atoms with van der Waals surface area (Å²) in [4.78, 5) is 0.355. The number of thiophene rings is 1. The number of aliphatic hydroxyl groups excluding tert-OH is 2. The zero-order valence-electron chi connectivity index (χ0n) is 14.3. The molecule has 0 spiro atoms. The van der Waals surface area contributed by atoms with Gasteiger partial charge in [0.25, 0.3) is 0 Å². The lowest BCUT2D eigenvalue weighted by molar-refractivity contribution is -0.259. The Morgan fingerprint density at radius 1 is 1.19 bits per heavy atom. The maximum absolute atomic E-state index is 14.5. The minimum atomic E-state index is -5.66. The molecule has 2 nitrogen and oxygen atoms in total. The van der Waals surface area contributed by atoms with Gasteiger partial charge in [-0.1, -0.05) is 6.58 Å². The maximum atomic E-state index is 14.5. The summed E-state index contributed by atoms with van der Waals surface area (Å²) in [6.45, 7) is 3.46. The summed E-state index contributed by atoms with van der Waals surface area (Å²) in [6, 6.07) is 0.999. The average molecular weight is 430 g/mol. The molecule has 0 aromatic carbocycles. The van der Waals surface area contributed by atoms with Crippen LogP contribution in [0, 0.1) is 6.92 Å². The predicted molar refractivity (Wildman–Crippen MR) is 94.6 cm³/mol. The van der Waals surface area contributed by atoms with Gasteiger partial charge in [-0.05, 0) is 36.5 Å². The Hall–Kier alpha value is -1.23. The van der Waals surface area contributed by atoms with E-state index in [2.05, 4.69) is 6.58 Å². The normalized spacial score (nSPS) is 21.0. The Morgan fingerprint density at radius 3 is 2.22 bits per heavy atom. The highest BCUT2D eigenvalue weighted by Gasteiger charge is 2.80. The molecule has 0 amide bonds. The summed E-state index contributed by atoms with van der Waals surface area (Å²) in [5.74, 6) is -16.0. The van der Waals surface area contributed by atoms with Crippen molar-refractivity contribution < 1.29 is 36.6 Å².